The molecular weight excluding hydrogens is 351 g/mol. The molecule has 0 saturated heterocycles. The third-order valence-electron chi connectivity index (χ3n) is 4.29. The SMILES string of the molecule is O=C(COc1ccccn1)N1CCc2onc(Nc3ccccc3F)c2C1. The summed E-state index contributed by atoms with van der Waals surface area (Å²) in [6.45, 7) is 0.722. The molecule has 1 aliphatic rings. The van der Waals surface area contributed by atoms with E-state index >= 15 is 0 Å². The lowest BCUT2D eigenvalue weighted by Gasteiger charge is -2.26. The van der Waals surface area contributed by atoms with Crippen LogP contribution in [0.15, 0.2) is 53.2 Å². The summed E-state index contributed by atoms with van der Waals surface area (Å²) in [5.41, 5.74) is 1.05. The highest BCUT2D eigenvalue weighted by Gasteiger charge is 2.27. The Morgan fingerprint density at radius 3 is 2.93 bits per heavy atom. The number of para-hydroxylation sites is 1. The quantitative estimate of drug-likeness (QED) is 0.746. The highest BCUT2D eigenvalue weighted by atomic mass is 19.1. The number of hydrogen-bond donors (Lipinski definition) is 1. The number of amides is 1. The summed E-state index contributed by atoms with van der Waals surface area (Å²) in [5.74, 6) is 0.961. The summed E-state index contributed by atoms with van der Waals surface area (Å²) >= 11 is 0. The van der Waals surface area contributed by atoms with Crippen LogP contribution in [0, 0.1) is 5.82 Å². The van der Waals surface area contributed by atoms with Crippen LogP contribution in [0.1, 0.15) is 11.3 Å². The Kier molecular flexibility index (Phi) is 4.69. The van der Waals surface area contributed by atoms with E-state index in [1.807, 2.05) is 0 Å². The van der Waals surface area contributed by atoms with Crippen molar-refractivity contribution in [2.75, 3.05) is 18.5 Å². The first-order valence-electron chi connectivity index (χ1n) is 8.51. The fourth-order valence-electron chi connectivity index (χ4n) is 2.87. The van der Waals surface area contributed by atoms with E-state index in [0.29, 0.717) is 42.7 Å². The molecule has 0 fully saturated rings. The lowest BCUT2D eigenvalue weighted by Crippen LogP contribution is -2.38. The van der Waals surface area contributed by atoms with Gasteiger partial charge in [-0.25, -0.2) is 9.37 Å². The fourth-order valence-corrected chi connectivity index (χ4v) is 2.87. The number of anilines is 2. The number of ether oxygens (including phenoxy) is 1. The number of carbonyl (C=O) groups excluding carboxylic acids is 1. The average molecular weight is 368 g/mol. The molecule has 3 heterocycles. The van der Waals surface area contributed by atoms with E-state index in [2.05, 4.69) is 15.5 Å². The molecule has 7 nitrogen and oxygen atoms in total. The van der Waals surface area contributed by atoms with Gasteiger partial charge in [0, 0.05) is 25.2 Å². The van der Waals surface area contributed by atoms with E-state index in [1.165, 1.54) is 6.07 Å². The van der Waals surface area contributed by atoms with Crippen LogP contribution in [-0.2, 0) is 17.8 Å². The first-order chi connectivity index (χ1) is 13.2. The van der Waals surface area contributed by atoms with Gasteiger partial charge in [-0.05, 0) is 18.2 Å². The number of rotatable bonds is 5. The Morgan fingerprint density at radius 1 is 1.26 bits per heavy atom. The Morgan fingerprint density at radius 2 is 2.11 bits per heavy atom. The summed E-state index contributed by atoms with van der Waals surface area (Å²) in [6, 6.07) is 11.6. The Hall–Kier alpha value is -3.42. The second-order valence-electron chi connectivity index (χ2n) is 6.06. The zero-order valence-electron chi connectivity index (χ0n) is 14.4. The number of aromatic nitrogens is 2. The minimum atomic E-state index is -0.387. The zero-order valence-corrected chi connectivity index (χ0v) is 14.4. The lowest BCUT2D eigenvalue weighted by molar-refractivity contribution is -0.134. The fraction of sp³-hybridized carbons (Fsp3) is 0.211. The van der Waals surface area contributed by atoms with Crippen molar-refractivity contribution in [3.8, 4) is 5.88 Å². The highest BCUT2D eigenvalue weighted by Crippen LogP contribution is 2.29. The van der Waals surface area contributed by atoms with Gasteiger partial charge in [0.25, 0.3) is 5.91 Å². The van der Waals surface area contributed by atoms with E-state index < -0.39 is 0 Å². The molecule has 3 aromatic rings. The van der Waals surface area contributed by atoms with Gasteiger partial charge >= 0.3 is 0 Å². The third kappa shape index (κ3) is 3.74. The lowest BCUT2D eigenvalue weighted by atomic mass is 10.1. The molecule has 0 atom stereocenters. The van der Waals surface area contributed by atoms with Crippen molar-refractivity contribution in [1.29, 1.82) is 0 Å². The van der Waals surface area contributed by atoms with Crippen LogP contribution in [0.25, 0.3) is 0 Å². The highest BCUT2D eigenvalue weighted by molar-refractivity contribution is 5.78. The molecule has 0 radical (unpaired) electrons. The van der Waals surface area contributed by atoms with Crippen molar-refractivity contribution in [2.24, 2.45) is 0 Å². The molecule has 138 valence electrons. The van der Waals surface area contributed by atoms with Crippen molar-refractivity contribution in [2.45, 2.75) is 13.0 Å². The first-order valence-corrected chi connectivity index (χ1v) is 8.51. The van der Waals surface area contributed by atoms with E-state index in [0.717, 1.165) is 5.56 Å². The maximum absolute atomic E-state index is 13.9. The Bertz CT molecular complexity index is 945. The van der Waals surface area contributed by atoms with Crippen molar-refractivity contribution < 1.29 is 18.4 Å². The summed E-state index contributed by atoms with van der Waals surface area (Å²) in [4.78, 5) is 18.2. The number of halogens is 1. The minimum Gasteiger partial charge on any atom is -0.468 e. The standard InChI is InChI=1S/C19H17FN4O3/c20-14-5-1-2-6-15(14)22-19-13-11-24(10-8-16(13)27-23-19)18(25)12-26-17-7-3-4-9-21-17/h1-7,9H,8,10-12H2,(H,22,23). The molecule has 1 amide bonds. The molecule has 0 unspecified atom stereocenters. The van der Waals surface area contributed by atoms with Gasteiger partial charge in [0.05, 0.1) is 17.8 Å². The van der Waals surface area contributed by atoms with Gasteiger partial charge in [0.2, 0.25) is 5.88 Å². The normalized spacial score (nSPS) is 13.1. The number of hydrogen-bond acceptors (Lipinski definition) is 6. The molecule has 0 aliphatic carbocycles. The summed E-state index contributed by atoms with van der Waals surface area (Å²) < 4.78 is 24.6. The summed E-state index contributed by atoms with van der Waals surface area (Å²) in [7, 11) is 0. The Labute approximate surface area is 154 Å². The molecule has 8 heteroatoms. The Balaban J connectivity index is 1.44. The van der Waals surface area contributed by atoms with E-state index in [1.54, 1.807) is 47.5 Å². The predicted octanol–water partition coefficient (Wildman–Crippen LogP) is 2.92. The molecule has 1 N–H and O–H groups in total. The van der Waals surface area contributed by atoms with Crippen molar-refractivity contribution in [3.63, 3.8) is 0 Å². The average Bonchev–Trinajstić information content (AvgIpc) is 3.11. The molecule has 4 rings (SSSR count). The number of nitrogens with zero attached hydrogens (tertiary/aromatic N) is 3. The number of benzene rings is 1. The van der Waals surface area contributed by atoms with Crippen molar-refractivity contribution >= 4 is 17.4 Å². The van der Waals surface area contributed by atoms with Crippen LogP contribution in [0.4, 0.5) is 15.9 Å². The smallest absolute Gasteiger partial charge is 0.260 e. The van der Waals surface area contributed by atoms with Crippen LogP contribution < -0.4 is 10.1 Å². The van der Waals surface area contributed by atoms with Crippen LogP contribution in [0.3, 0.4) is 0 Å². The van der Waals surface area contributed by atoms with Gasteiger partial charge in [-0.3, -0.25) is 4.79 Å². The molecule has 0 saturated carbocycles. The number of fused-ring (bicyclic) bond motifs is 1. The third-order valence-corrected chi connectivity index (χ3v) is 4.29. The van der Waals surface area contributed by atoms with E-state index in [4.69, 9.17) is 9.26 Å². The molecule has 27 heavy (non-hydrogen) atoms. The van der Waals surface area contributed by atoms with Crippen molar-refractivity contribution in [3.05, 3.63) is 65.8 Å². The first kappa shape index (κ1) is 17.0. The van der Waals surface area contributed by atoms with Crippen molar-refractivity contribution in [1.82, 2.24) is 15.0 Å². The van der Waals surface area contributed by atoms with Gasteiger partial charge in [0.15, 0.2) is 12.4 Å². The molecule has 0 bridgehead atoms. The maximum atomic E-state index is 13.9. The molecule has 1 aromatic carbocycles. The number of nitrogens with one attached hydrogen (secondary N) is 1. The molecular formula is C19H17FN4O3. The van der Waals surface area contributed by atoms with Gasteiger partial charge in [0.1, 0.15) is 11.6 Å². The van der Waals surface area contributed by atoms with Gasteiger partial charge in [-0.15, -0.1) is 0 Å². The number of pyridine rings is 1. The van der Waals surface area contributed by atoms with Gasteiger partial charge in [-0.2, -0.15) is 0 Å². The monoisotopic (exact) mass is 368 g/mol. The predicted molar refractivity (Wildman–Crippen MR) is 95.0 cm³/mol. The van der Waals surface area contributed by atoms with Gasteiger partial charge in [-0.1, -0.05) is 23.4 Å². The molecule has 0 spiro atoms. The maximum Gasteiger partial charge on any atom is 0.260 e. The van der Waals surface area contributed by atoms with E-state index in [9.17, 15) is 9.18 Å². The second kappa shape index (κ2) is 7.45. The van der Waals surface area contributed by atoms with Gasteiger partial charge < -0.3 is 19.5 Å². The summed E-state index contributed by atoms with van der Waals surface area (Å²) in [5, 5.41) is 6.93. The number of carbonyl (C=O) groups is 1. The van der Waals surface area contributed by atoms with Crippen LogP contribution in [0.5, 0.6) is 5.88 Å². The molecule has 1 aliphatic heterocycles. The van der Waals surface area contributed by atoms with E-state index in [-0.39, 0.29) is 18.3 Å². The largest absolute Gasteiger partial charge is 0.468 e. The zero-order chi connectivity index (χ0) is 18.6. The minimum absolute atomic E-state index is 0.103. The molecule has 2 aromatic heterocycles. The second-order valence-corrected chi connectivity index (χ2v) is 6.06. The van der Waals surface area contributed by atoms with Crippen LogP contribution in [0.2, 0.25) is 0 Å². The summed E-state index contributed by atoms with van der Waals surface area (Å²) in [6.07, 6.45) is 2.14. The van der Waals surface area contributed by atoms with Crippen LogP contribution >= 0.6 is 0 Å². The topological polar surface area (TPSA) is 80.5 Å². The van der Waals surface area contributed by atoms with Crippen LogP contribution in [-0.4, -0.2) is 34.1 Å².